The molecule has 2 bridgehead atoms. The maximum atomic E-state index is 12.4. The lowest BCUT2D eigenvalue weighted by Crippen LogP contribution is -2.66. The van der Waals surface area contributed by atoms with Crippen LogP contribution in [0, 0.1) is 23.2 Å². The molecular formula is C25H29NO4. The monoisotopic (exact) mass is 407 g/mol. The number of carbonyl (C=O) groups is 1. The quantitative estimate of drug-likeness (QED) is 0.736. The van der Waals surface area contributed by atoms with Crippen molar-refractivity contribution in [3.63, 3.8) is 0 Å². The average molecular weight is 408 g/mol. The summed E-state index contributed by atoms with van der Waals surface area (Å²) in [5, 5.41) is 2.82. The normalized spacial score (nSPS) is 36.2. The Morgan fingerprint density at radius 1 is 1.13 bits per heavy atom. The smallest absolute Gasteiger partial charge is 0.411 e. The molecule has 0 radical (unpaired) electrons. The topological polar surface area (TPSA) is 56.8 Å². The predicted molar refractivity (Wildman–Crippen MR) is 114 cm³/mol. The third kappa shape index (κ3) is 2.90. The number of rotatable bonds is 3. The van der Waals surface area contributed by atoms with Gasteiger partial charge in [0.2, 0.25) is 0 Å². The van der Waals surface area contributed by atoms with Crippen LogP contribution in [-0.2, 0) is 9.47 Å². The molecule has 0 spiro atoms. The third-order valence-electron chi connectivity index (χ3n) is 7.76. The first-order valence-electron chi connectivity index (χ1n) is 10.8. The molecule has 1 N–H and O–H groups in total. The van der Waals surface area contributed by atoms with Gasteiger partial charge in [-0.2, -0.15) is 0 Å². The van der Waals surface area contributed by atoms with E-state index in [0.29, 0.717) is 25.0 Å². The molecular weight excluding hydrogens is 378 g/mol. The number of ether oxygens (including phenoxy) is 3. The maximum absolute atomic E-state index is 12.4. The summed E-state index contributed by atoms with van der Waals surface area (Å²) in [6, 6.07) is 17.6. The third-order valence-corrected chi connectivity index (χ3v) is 7.76. The molecule has 2 aliphatic heterocycles. The Morgan fingerprint density at radius 3 is 2.67 bits per heavy atom. The average Bonchev–Trinajstić information content (AvgIpc) is 2.73. The van der Waals surface area contributed by atoms with Gasteiger partial charge in [0.15, 0.2) is 0 Å². The summed E-state index contributed by atoms with van der Waals surface area (Å²) in [7, 11) is 0. The van der Waals surface area contributed by atoms with Crippen LogP contribution in [0.5, 0.6) is 5.75 Å². The fourth-order valence-corrected chi connectivity index (χ4v) is 6.13. The summed E-state index contributed by atoms with van der Waals surface area (Å²) in [6.45, 7) is 7.66. The number of hydrogen-bond donors (Lipinski definition) is 1. The number of benzene rings is 2. The lowest BCUT2D eigenvalue weighted by Gasteiger charge is -2.63. The highest BCUT2D eigenvalue weighted by atomic mass is 16.6. The molecule has 0 unspecified atom stereocenters. The Labute approximate surface area is 177 Å². The minimum atomic E-state index is -0.421. The van der Waals surface area contributed by atoms with Gasteiger partial charge in [-0.1, -0.05) is 50.2 Å². The highest BCUT2D eigenvalue weighted by Gasteiger charge is 2.64. The minimum Gasteiger partial charge on any atom is -0.487 e. The van der Waals surface area contributed by atoms with E-state index in [-0.39, 0.29) is 23.0 Å². The van der Waals surface area contributed by atoms with Crippen molar-refractivity contribution in [1.82, 2.24) is 0 Å². The Balaban J connectivity index is 1.38. The second-order valence-electron chi connectivity index (χ2n) is 9.40. The molecule has 1 saturated heterocycles. The zero-order chi connectivity index (χ0) is 20.9. The van der Waals surface area contributed by atoms with Crippen molar-refractivity contribution in [2.45, 2.75) is 38.9 Å². The Kier molecular flexibility index (Phi) is 4.55. The van der Waals surface area contributed by atoms with E-state index in [1.807, 2.05) is 48.5 Å². The van der Waals surface area contributed by atoms with E-state index in [9.17, 15) is 4.79 Å². The van der Waals surface area contributed by atoms with Crippen LogP contribution in [0.4, 0.5) is 10.5 Å². The molecule has 6 atom stereocenters. The molecule has 1 saturated carbocycles. The number of carbonyl (C=O) groups excluding carboxylic acids is 1. The van der Waals surface area contributed by atoms with Gasteiger partial charge >= 0.3 is 6.09 Å². The number of para-hydroxylation sites is 2. The maximum Gasteiger partial charge on any atom is 0.411 e. The summed E-state index contributed by atoms with van der Waals surface area (Å²) in [5.74, 6) is 1.75. The SMILES string of the molecule is C[C@@H]1C[C@]2(C)Oc3ccccc3[C@@H]3OC[C@@]1(COC(=O)Nc1ccccc1)[C@H](C)[C@H]32. The Hall–Kier alpha value is -2.53. The lowest BCUT2D eigenvalue weighted by atomic mass is 9.50. The molecule has 5 nitrogen and oxygen atoms in total. The van der Waals surface area contributed by atoms with Gasteiger partial charge in [-0.25, -0.2) is 4.79 Å². The zero-order valence-corrected chi connectivity index (χ0v) is 17.8. The second-order valence-corrected chi connectivity index (χ2v) is 9.40. The molecule has 5 rings (SSSR count). The number of amides is 1. The molecule has 158 valence electrons. The molecule has 2 aromatic carbocycles. The van der Waals surface area contributed by atoms with E-state index in [2.05, 4.69) is 32.2 Å². The van der Waals surface area contributed by atoms with Crippen molar-refractivity contribution >= 4 is 11.8 Å². The minimum absolute atomic E-state index is 0.0220. The highest BCUT2D eigenvalue weighted by Crippen LogP contribution is 2.63. The van der Waals surface area contributed by atoms with Gasteiger partial charge in [-0.15, -0.1) is 0 Å². The molecule has 1 aliphatic carbocycles. The first kappa shape index (κ1) is 19.4. The van der Waals surface area contributed by atoms with E-state index in [0.717, 1.165) is 23.4 Å². The predicted octanol–water partition coefficient (Wildman–Crippen LogP) is 5.44. The van der Waals surface area contributed by atoms with Crippen LogP contribution in [0.3, 0.4) is 0 Å². The molecule has 0 aromatic heterocycles. The number of nitrogens with one attached hydrogen (secondary N) is 1. The largest absolute Gasteiger partial charge is 0.487 e. The van der Waals surface area contributed by atoms with Gasteiger partial charge in [0.25, 0.3) is 0 Å². The van der Waals surface area contributed by atoms with Gasteiger partial charge in [0, 0.05) is 22.6 Å². The van der Waals surface area contributed by atoms with Crippen molar-refractivity contribution in [3.8, 4) is 5.75 Å². The van der Waals surface area contributed by atoms with Gasteiger partial charge in [-0.3, -0.25) is 5.32 Å². The van der Waals surface area contributed by atoms with Crippen LogP contribution in [0.15, 0.2) is 54.6 Å². The molecule has 2 fully saturated rings. The number of hydrogen-bond acceptors (Lipinski definition) is 4. The van der Waals surface area contributed by atoms with Crippen LogP contribution in [0.2, 0.25) is 0 Å². The van der Waals surface area contributed by atoms with Crippen molar-refractivity contribution in [1.29, 1.82) is 0 Å². The van der Waals surface area contributed by atoms with Crippen molar-refractivity contribution in [3.05, 3.63) is 60.2 Å². The first-order chi connectivity index (χ1) is 14.4. The molecule has 2 aromatic rings. The summed E-state index contributed by atoms with van der Waals surface area (Å²) in [4.78, 5) is 12.4. The van der Waals surface area contributed by atoms with E-state index in [4.69, 9.17) is 14.2 Å². The fraction of sp³-hybridized carbons (Fsp3) is 0.480. The molecule has 5 heteroatoms. The zero-order valence-electron chi connectivity index (χ0n) is 17.8. The van der Waals surface area contributed by atoms with Gasteiger partial charge in [0.05, 0.1) is 12.7 Å². The second kappa shape index (κ2) is 7.02. The molecule has 30 heavy (non-hydrogen) atoms. The Morgan fingerprint density at radius 2 is 1.87 bits per heavy atom. The van der Waals surface area contributed by atoms with Crippen molar-refractivity contribution in [2.24, 2.45) is 23.2 Å². The van der Waals surface area contributed by atoms with Crippen molar-refractivity contribution < 1.29 is 19.0 Å². The van der Waals surface area contributed by atoms with Crippen molar-refractivity contribution in [2.75, 3.05) is 18.5 Å². The summed E-state index contributed by atoms with van der Waals surface area (Å²) >= 11 is 0. The Bertz CT molecular complexity index is 947. The van der Waals surface area contributed by atoms with Gasteiger partial charge in [-0.05, 0) is 43.4 Å². The van der Waals surface area contributed by atoms with Crippen LogP contribution in [0.1, 0.15) is 38.9 Å². The first-order valence-corrected chi connectivity index (χ1v) is 10.8. The number of anilines is 1. The van der Waals surface area contributed by atoms with Crippen LogP contribution in [0.25, 0.3) is 0 Å². The van der Waals surface area contributed by atoms with E-state index < -0.39 is 6.09 Å². The standard InChI is InChI=1S/C25H29NO4/c1-16-13-24(3)21-17(2)25(16,15-29-23(27)26-18-9-5-4-6-10-18)14-28-22(21)19-11-7-8-12-20(19)30-24/h4-12,16-17,21-22H,13-15H2,1-3H3,(H,26,27)/t16-,17-,21-,22+,24+,25+/m1/s1. The van der Waals surface area contributed by atoms with Crippen LogP contribution in [-0.4, -0.2) is 24.9 Å². The van der Waals surface area contributed by atoms with Gasteiger partial charge in [0.1, 0.15) is 18.0 Å². The lowest BCUT2D eigenvalue weighted by molar-refractivity contribution is -0.259. The summed E-state index contributed by atoms with van der Waals surface area (Å²) in [6.07, 6.45) is 0.518. The van der Waals surface area contributed by atoms with Crippen LogP contribution < -0.4 is 10.1 Å². The molecule has 1 amide bonds. The number of fused-ring (bicyclic) bond motifs is 3. The van der Waals surface area contributed by atoms with Crippen LogP contribution >= 0.6 is 0 Å². The fourth-order valence-electron chi connectivity index (χ4n) is 6.13. The molecule has 3 aliphatic rings. The van der Waals surface area contributed by atoms with E-state index in [1.165, 1.54) is 0 Å². The summed E-state index contributed by atoms with van der Waals surface area (Å²) < 4.78 is 18.8. The summed E-state index contributed by atoms with van der Waals surface area (Å²) in [5.41, 5.74) is 1.37. The molecule has 2 heterocycles. The van der Waals surface area contributed by atoms with E-state index in [1.54, 1.807) is 0 Å². The highest BCUT2D eigenvalue weighted by molar-refractivity contribution is 5.84. The van der Waals surface area contributed by atoms with Gasteiger partial charge < -0.3 is 14.2 Å². The van der Waals surface area contributed by atoms with E-state index >= 15 is 0 Å².